The zero-order valence-corrected chi connectivity index (χ0v) is 16.9. The number of ether oxygens (including phenoxy) is 1. The van der Waals surface area contributed by atoms with Crippen molar-refractivity contribution in [2.45, 2.75) is 18.8 Å². The zero-order chi connectivity index (χ0) is 20.6. The lowest BCUT2D eigenvalue weighted by Gasteiger charge is -2.06. The summed E-state index contributed by atoms with van der Waals surface area (Å²) in [6.07, 6.45) is 0. The van der Waals surface area contributed by atoms with Crippen molar-refractivity contribution in [2.75, 3.05) is 16.4 Å². The lowest BCUT2D eigenvalue weighted by atomic mass is 10.3. The first kappa shape index (κ1) is 20.7. The fourth-order valence-corrected chi connectivity index (χ4v) is 2.90. The topological polar surface area (TPSA) is 106 Å². The highest BCUT2D eigenvalue weighted by atomic mass is 35.5. The van der Waals surface area contributed by atoms with E-state index in [4.69, 9.17) is 20.8 Å². The molecule has 1 heterocycles. The Kier molecular flexibility index (Phi) is 7.09. The average molecular weight is 433 g/mol. The molecule has 0 spiro atoms. The van der Waals surface area contributed by atoms with Crippen LogP contribution in [0.1, 0.15) is 12.8 Å². The number of benzene rings is 2. The number of halogens is 1. The van der Waals surface area contributed by atoms with Gasteiger partial charge in [0.05, 0.1) is 5.75 Å². The highest BCUT2D eigenvalue weighted by Crippen LogP contribution is 2.20. The number of carbonyl (C=O) groups excluding carboxylic acids is 2. The molecule has 0 saturated heterocycles. The van der Waals surface area contributed by atoms with Crippen molar-refractivity contribution in [1.82, 2.24) is 10.2 Å². The van der Waals surface area contributed by atoms with Crippen LogP contribution in [-0.4, -0.2) is 27.8 Å². The Hall–Kier alpha value is -3.04. The van der Waals surface area contributed by atoms with Gasteiger partial charge in [0.25, 0.3) is 11.1 Å². The number of anilines is 2. The molecule has 3 aromatic rings. The molecule has 0 atom stereocenters. The molecule has 0 saturated carbocycles. The van der Waals surface area contributed by atoms with Crippen LogP contribution in [-0.2, 0) is 16.2 Å². The van der Waals surface area contributed by atoms with Gasteiger partial charge in [-0.3, -0.25) is 9.59 Å². The summed E-state index contributed by atoms with van der Waals surface area (Å²) >= 11 is 6.94. The second-order valence-corrected chi connectivity index (χ2v) is 7.16. The van der Waals surface area contributed by atoms with E-state index in [0.717, 1.165) is 11.8 Å². The molecule has 0 radical (unpaired) electrons. The molecule has 0 aliphatic heterocycles. The number of nitrogens with one attached hydrogen (secondary N) is 2. The molecule has 10 heteroatoms. The minimum atomic E-state index is -0.223. The van der Waals surface area contributed by atoms with Crippen LogP contribution >= 0.6 is 23.4 Å². The Balaban J connectivity index is 1.43. The quantitative estimate of drug-likeness (QED) is 0.518. The zero-order valence-electron chi connectivity index (χ0n) is 15.3. The number of hydrogen-bond donors (Lipinski definition) is 2. The first-order chi connectivity index (χ1) is 14.0. The van der Waals surface area contributed by atoms with Gasteiger partial charge in [-0.25, -0.2) is 0 Å². The molecule has 0 fully saturated rings. The van der Waals surface area contributed by atoms with Gasteiger partial charge in [-0.2, -0.15) is 0 Å². The first-order valence-electron chi connectivity index (χ1n) is 8.49. The maximum atomic E-state index is 12.1. The number of nitrogens with zero attached hydrogens (tertiary/aromatic N) is 2. The van der Waals surface area contributed by atoms with E-state index in [1.54, 1.807) is 48.5 Å². The second-order valence-electron chi connectivity index (χ2n) is 5.80. The van der Waals surface area contributed by atoms with Crippen LogP contribution in [0.25, 0.3) is 0 Å². The molecular formula is C19H17ClN4O4S. The lowest BCUT2D eigenvalue weighted by Crippen LogP contribution is -2.14. The maximum Gasteiger partial charge on any atom is 0.277 e. The molecule has 0 unspecified atom stereocenters. The molecule has 29 heavy (non-hydrogen) atoms. The number of rotatable bonds is 8. The predicted molar refractivity (Wildman–Crippen MR) is 110 cm³/mol. The van der Waals surface area contributed by atoms with Crippen LogP contribution in [0, 0.1) is 0 Å². The monoisotopic (exact) mass is 432 g/mol. The fraction of sp³-hybridized carbons (Fsp3) is 0.158. The SMILES string of the molecule is CC(=O)Nc1ccc(NC(=O)CSc2nnc(COc3ccc(Cl)cc3)o2)cc1. The van der Waals surface area contributed by atoms with Crippen LogP contribution in [0.2, 0.25) is 5.02 Å². The number of amides is 2. The van der Waals surface area contributed by atoms with Gasteiger partial charge < -0.3 is 19.8 Å². The molecule has 2 aromatic carbocycles. The summed E-state index contributed by atoms with van der Waals surface area (Å²) in [5, 5.41) is 14.1. The summed E-state index contributed by atoms with van der Waals surface area (Å²) < 4.78 is 11.0. The van der Waals surface area contributed by atoms with Gasteiger partial charge in [-0.05, 0) is 48.5 Å². The van der Waals surface area contributed by atoms with Crippen molar-refractivity contribution in [3.63, 3.8) is 0 Å². The van der Waals surface area contributed by atoms with Crippen molar-refractivity contribution in [3.8, 4) is 5.75 Å². The highest BCUT2D eigenvalue weighted by Gasteiger charge is 2.11. The summed E-state index contributed by atoms with van der Waals surface area (Å²) in [5.74, 6) is 0.657. The third-order valence-electron chi connectivity index (χ3n) is 3.44. The highest BCUT2D eigenvalue weighted by molar-refractivity contribution is 7.99. The standard InChI is InChI=1S/C19H17ClN4O4S/c1-12(25)21-14-4-6-15(7-5-14)22-17(26)11-29-19-24-23-18(28-19)10-27-16-8-2-13(20)3-9-16/h2-9H,10-11H2,1H3,(H,21,25)(H,22,26). The molecule has 3 rings (SSSR count). The van der Waals surface area contributed by atoms with Crippen LogP contribution in [0.15, 0.2) is 58.2 Å². The van der Waals surface area contributed by atoms with Crippen molar-refractivity contribution >= 4 is 46.6 Å². The van der Waals surface area contributed by atoms with Gasteiger partial charge in [0, 0.05) is 23.3 Å². The predicted octanol–water partition coefficient (Wildman–Crippen LogP) is 3.99. The van der Waals surface area contributed by atoms with E-state index in [2.05, 4.69) is 20.8 Å². The lowest BCUT2D eigenvalue weighted by molar-refractivity contribution is -0.114. The summed E-state index contributed by atoms with van der Waals surface area (Å²) in [7, 11) is 0. The van der Waals surface area contributed by atoms with Crippen LogP contribution in [0.5, 0.6) is 5.75 Å². The van der Waals surface area contributed by atoms with E-state index in [9.17, 15) is 9.59 Å². The Morgan fingerprint density at radius 2 is 1.69 bits per heavy atom. The van der Waals surface area contributed by atoms with Gasteiger partial charge in [-0.1, -0.05) is 23.4 Å². The van der Waals surface area contributed by atoms with Gasteiger partial charge in [-0.15, -0.1) is 10.2 Å². The maximum absolute atomic E-state index is 12.1. The molecule has 0 bridgehead atoms. The Morgan fingerprint density at radius 1 is 1.03 bits per heavy atom. The summed E-state index contributed by atoms with van der Waals surface area (Å²) in [6, 6.07) is 13.7. The minimum absolute atomic E-state index is 0.104. The molecule has 8 nitrogen and oxygen atoms in total. The van der Waals surface area contributed by atoms with Crippen molar-refractivity contribution in [2.24, 2.45) is 0 Å². The van der Waals surface area contributed by atoms with E-state index in [-0.39, 0.29) is 29.4 Å². The van der Waals surface area contributed by atoms with E-state index in [1.165, 1.54) is 6.92 Å². The van der Waals surface area contributed by atoms with Gasteiger partial charge in [0.1, 0.15) is 5.75 Å². The van der Waals surface area contributed by atoms with E-state index >= 15 is 0 Å². The normalized spacial score (nSPS) is 10.4. The Labute approximate surface area is 176 Å². The molecule has 0 aliphatic rings. The largest absolute Gasteiger partial charge is 0.484 e. The van der Waals surface area contributed by atoms with Gasteiger partial charge in [0.2, 0.25) is 11.8 Å². The van der Waals surface area contributed by atoms with Crippen LogP contribution < -0.4 is 15.4 Å². The molecule has 1 aromatic heterocycles. The molecule has 2 N–H and O–H groups in total. The van der Waals surface area contributed by atoms with E-state index in [1.807, 2.05) is 0 Å². The van der Waals surface area contributed by atoms with Crippen LogP contribution in [0.3, 0.4) is 0 Å². The fourth-order valence-electron chi connectivity index (χ4n) is 2.20. The minimum Gasteiger partial charge on any atom is -0.484 e. The number of aromatic nitrogens is 2. The third-order valence-corrected chi connectivity index (χ3v) is 4.51. The van der Waals surface area contributed by atoms with Crippen LogP contribution in [0.4, 0.5) is 11.4 Å². The smallest absolute Gasteiger partial charge is 0.277 e. The Morgan fingerprint density at radius 3 is 2.34 bits per heavy atom. The van der Waals surface area contributed by atoms with E-state index < -0.39 is 0 Å². The van der Waals surface area contributed by atoms with Crippen molar-refractivity contribution in [1.29, 1.82) is 0 Å². The Bertz CT molecular complexity index is 977. The first-order valence-corrected chi connectivity index (χ1v) is 9.85. The molecule has 2 amide bonds. The second kappa shape index (κ2) is 9.94. The van der Waals surface area contributed by atoms with Crippen molar-refractivity contribution < 1.29 is 18.7 Å². The third kappa shape index (κ3) is 6.81. The number of thioether (sulfide) groups is 1. The molecule has 0 aliphatic carbocycles. The summed E-state index contributed by atoms with van der Waals surface area (Å²) in [5.41, 5.74) is 1.27. The van der Waals surface area contributed by atoms with E-state index in [0.29, 0.717) is 28.0 Å². The van der Waals surface area contributed by atoms with Gasteiger partial charge in [0.15, 0.2) is 6.61 Å². The summed E-state index contributed by atoms with van der Waals surface area (Å²) in [6.45, 7) is 1.54. The van der Waals surface area contributed by atoms with Gasteiger partial charge >= 0.3 is 0 Å². The molecular weight excluding hydrogens is 416 g/mol. The molecule has 150 valence electrons. The number of carbonyl (C=O) groups is 2. The summed E-state index contributed by atoms with van der Waals surface area (Å²) in [4.78, 5) is 23.1. The number of hydrogen-bond acceptors (Lipinski definition) is 7. The van der Waals surface area contributed by atoms with Crippen molar-refractivity contribution in [3.05, 3.63) is 59.4 Å². The average Bonchev–Trinajstić information content (AvgIpc) is 3.15.